The Morgan fingerprint density at radius 2 is 0.682 bits per heavy atom. The minimum Gasteiger partial charge on any atom is -0.333 e. The van der Waals surface area contributed by atoms with E-state index in [1.807, 2.05) is 0 Å². The second-order valence-electron chi connectivity index (χ2n) is 8.98. The van der Waals surface area contributed by atoms with Gasteiger partial charge in [-0.1, -0.05) is 79.1 Å². The highest BCUT2D eigenvalue weighted by Crippen LogP contribution is 2.33. The van der Waals surface area contributed by atoms with Crippen LogP contribution >= 0.6 is 0 Å². The van der Waals surface area contributed by atoms with E-state index in [9.17, 15) is 0 Å². The molecule has 0 saturated carbocycles. The molecule has 1 nitrogen and oxygen atoms in total. The van der Waals surface area contributed by atoms with Crippen molar-refractivity contribution in [3.63, 3.8) is 0 Å². The summed E-state index contributed by atoms with van der Waals surface area (Å²) in [5, 5.41) is 0. The minimum atomic E-state index is -0.00722. The second-order valence-corrected chi connectivity index (χ2v) is 8.98. The molecule has 0 fully saturated rings. The molecule has 0 atom stereocenters. The van der Waals surface area contributed by atoms with Gasteiger partial charge in [-0.2, -0.15) is 25.3 Å². The second kappa shape index (κ2) is 14.6. The molecule has 0 rings (SSSR count). The molecular weight excluding hydrogens is 265 g/mol. The van der Waals surface area contributed by atoms with E-state index < -0.39 is 0 Å². The molecular formula is C20H48BN. The summed E-state index contributed by atoms with van der Waals surface area (Å²) in [6, 6.07) is 0. The van der Waals surface area contributed by atoms with Gasteiger partial charge < -0.3 is 4.48 Å². The first-order valence-corrected chi connectivity index (χ1v) is 10.3. The van der Waals surface area contributed by atoms with Gasteiger partial charge in [-0.05, 0) is 0 Å². The van der Waals surface area contributed by atoms with E-state index in [0.717, 1.165) is 4.48 Å². The normalized spacial score (nSPS) is 12.0. The van der Waals surface area contributed by atoms with Crippen LogP contribution in [-0.2, 0) is 0 Å². The monoisotopic (exact) mass is 313 g/mol. The van der Waals surface area contributed by atoms with Gasteiger partial charge in [-0.25, -0.2) is 0 Å². The van der Waals surface area contributed by atoms with E-state index in [2.05, 4.69) is 55.9 Å². The standard InChI is InChI=1S/C16H36B.C4H12N/c1-5-9-13-17(14-10-6-2,15-11-7-3)16-12-8-4;1-5(2,3)4/h5-16H2,1-4H3;1-4H3/q-1;+1. The molecule has 0 aromatic rings. The molecule has 2 heteroatoms. The predicted molar refractivity (Wildman–Crippen MR) is 109 cm³/mol. The fraction of sp³-hybridized carbons (Fsp3) is 1.00. The summed E-state index contributed by atoms with van der Waals surface area (Å²) < 4.78 is 1.00. The first-order chi connectivity index (χ1) is 10.2. The summed E-state index contributed by atoms with van der Waals surface area (Å²) in [5.41, 5.74) is 0. The lowest BCUT2D eigenvalue weighted by Crippen LogP contribution is -2.33. The van der Waals surface area contributed by atoms with Crippen LogP contribution in [0.25, 0.3) is 0 Å². The molecule has 0 radical (unpaired) electrons. The van der Waals surface area contributed by atoms with Gasteiger partial charge in [0.2, 0.25) is 0 Å². The first kappa shape index (κ1) is 24.3. The van der Waals surface area contributed by atoms with Crippen LogP contribution in [0.3, 0.4) is 0 Å². The summed E-state index contributed by atoms with van der Waals surface area (Å²) in [4.78, 5) is 0. The van der Waals surface area contributed by atoms with Crippen molar-refractivity contribution < 1.29 is 4.48 Å². The zero-order chi connectivity index (χ0) is 17.5. The smallest absolute Gasteiger partial charge is 0.0675 e. The number of hydrogen-bond acceptors (Lipinski definition) is 0. The average Bonchev–Trinajstić information content (AvgIpc) is 2.44. The van der Waals surface area contributed by atoms with Gasteiger partial charge in [0.05, 0.1) is 28.2 Å². The molecule has 0 heterocycles. The summed E-state index contributed by atoms with van der Waals surface area (Å²) in [5.74, 6) is 0. The van der Waals surface area contributed by atoms with Gasteiger partial charge in [-0.15, -0.1) is 0 Å². The summed E-state index contributed by atoms with van der Waals surface area (Å²) in [7, 11) is 8.50. The van der Waals surface area contributed by atoms with E-state index in [0.29, 0.717) is 0 Å². The average molecular weight is 313 g/mol. The highest BCUT2D eigenvalue weighted by molar-refractivity contribution is 6.79. The van der Waals surface area contributed by atoms with E-state index in [1.165, 1.54) is 51.4 Å². The van der Waals surface area contributed by atoms with Gasteiger partial charge in [0.25, 0.3) is 0 Å². The Morgan fingerprint density at radius 1 is 0.500 bits per heavy atom. The zero-order valence-corrected chi connectivity index (χ0v) is 17.5. The van der Waals surface area contributed by atoms with Gasteiger partial charge in [0.1, 0.15) is 0 Å². The Hall–Kier alpha value is 0.0249. The molecule has 0 aromatic heterocycles. The highest BCUT2D eigenvalue weighted by Gasteiger charge is 2.22. The molecule has 0 unspecified atom stereocenters. The van der Waals surface area contributed by atoms with Crippen molar-refractivity contribution in [2.24, 2.45) is 0 Å². The predicted octanol–water partition coefficient (Wildman–Crippen LogP) is 6.96. The summed E-state index contributed by atoms with van der Waals surface area (Å²) in [6.45, 7) is 9.39. The van der Waals surface area contributed by atoms with Crippen molar-refractivity contribution >= 4 is 6.15 Å². The molecule has 0 aromatic carbocycles. The zero-order valence-electron chi connectivity index (χ0n) is 17.5. The molecule has 136 valence electrons. The van der Waals surface area contributed by atoms with Gasteiger partial charge >= 0.3 is 0 Å². The summed E-state index contributed by atoms with van der Waals surface area (Å²) in [6.07, 6.45) is 17.6. The van der Waals surface area contributed by atoms with Crippen LogP contribution < -0.4 is 0 Å². The Bertz CT molecular complexity index is 177. The summed E-state index contributed by atoms with van der Waals surface area (Å²) >= 11 is 0. The fourth-order valence-corrected chi connectivity index (χ4v) is 3.41. The van der Waals surface area contributed by atoms with E-state index in [-0.39, 0.29) is 6.15 Å². The number of rotatable bonds is 12. The molecule has 0 N–H and O–H groups in total. The molecule has 0 bridgehead atoms. The molecule has 0 aliphatic carbocycles. The SMILES string of the molecule is CCCC[B-](CCCC)(CCCC)CCCC.C[N+](C)(C)C. The lowest BCUT2D eigenvalue weighted by Gasteiger charge is -2.40. The van der Waals surface area contributed by atoms with Crippen LogP contribution in [0.5, 0.6) is 0 Å². The van der Waals surface area contributed by atoms with Crippen LogP contribution in [0.1, 0.15) is 79.1 Å². The quantitative estimate of drug-likeness (QED) is 0.270. The van der Waals surface area contributed by atoms with Crippen LogP contribution in [0.15, 0.2) is 0 Å². The Labute approximate surface area is 143 Å². The molecule has 0 amide bonds. The van der Waals surface area contributed by atoms with Crippen molar-refractivity contribution in [3.8, 4) is 0 Å². The fourth-order valence-electron chi connectivity index (χ4n) is 3.41. The van der Waals surface area contributed by atoms with Crippen LogP contribution in [-0.4, -0.2) is 38.8 Å². The number of unbranched alkanes of at least 4 members (excludes halogenated alkanes) is 4. The van der Waals surface area contributed by atoms with Gasteiger partial charge in [-0.3, -0.25) is 0 Å². The lowest BCUT2D eigenvalue weighted by molar-refractivity contribution is -0.849. The van der Waals surface area contributed by atoms with Crippen molar-refractivity contribution in [2.75, 3.05) is 28.2 Å². The van der Waals surface area contributed by atoms with E-state index in [1.54, 1.807) is 25.3 Å². The lowest BCUT2D eigenvalue weighted by atomic mass is 9.17. The van der Waals surface area contributed by atoms with Gasteiger partial charge in [0, 0.05) is 6.15 Å². The largest absolute Gasteiger partial charge is 0.333 e. The third kappa shape index (κ3) is 18.1. The molecule has 0 aliphatic heterocycles. The van der Waals surface area contributed by atoms with Gasteiger partial charge in [0.15, 0.2) is 0 Å². The third-order valence-corrected chi connectivity index (χ3v) is 4.68. The third-order valence-electron chi connectivity index (χ3n) is 4.68. The Balaban J connectivity index is 0. The van der Waals surface area contributed by atoms with Crippen molar-refractivity contribution in [1.29, 1.82) is 0 Å². The molecule has 0 spiro atoms. The van der Waals surface area contributed by atoms with Crippen molar-refractivity contribution in [3.05, 3.63) is 0 Å². The Kier molecular flexibility index (Phi) is 16.1. The van der Waals surface area contributed by atoms with Crippen LogP contribution in [0.2, 0.25) is 25.3 Å². The Morgan fingerprint density at radius 3 is 0.818 bits per heavy atom. The number of hydrogen-bond donors (Lipinski definition) is 0. The van der Waals surface area contributed by atoms with E-state index in [4.69, 9.17) is 0 Å². The first-order valence-electron chi connectivity index (χ1n) is 10.3. The van der Waals surface area contributed by atoms with Crippen LogP contribution in [0, 0.1) is 0 Å². The molecule has 0 aliphatic rings. The van der Waals surface area contributed by atoms with Crippen LogP contribution in [0.4, 0.5) is 0 Å². The van der Waals surface area contributed by atoms with E-state index >= 15 is 0 Å². The highest BCUT2D eigenvalue weighted by atomic mass is 15.2. The van der Waals surface area contributed by atoms with Crippen molar-refractivity contribution in [1.82, 2.24) is 0 Å². The number of quaternary nitrogens is 1. The number of nitrogens with zero attached hydrogens (tertiary/aromatic N) is 1. The maximum Gasteiger partial charge on any atom is 0.0675 e. The maximum absolute atomic E-state index is 2.35. The topological polar surface area (TPSA) is 0 Å². The minimum absolute atomic E-state index is 0.00722. The molecule has 0 saturated heterocycles. The van der Waals surface area contributed by atoms with Crippen molar-refractivity contribution in [2.45, 2.75) is 104 Å². The molecule has 22 heavy (non-hydrogen) atoms. The maximum atomic E-state index is 2.35.